The van der Waals surface area contributed by atoms with Crippen molar-refractivity contribution in [3.8, 4) is 0 Å². The fraction of sp³-hybridized carbons (Fsp3) is 0.222. The minimum absolute atomic E-state index is 0.0622. The average Bonchev–Trinajstić information content (AvgIpc) is 3.24. The Bertz CT molecular complexity index is 1130. The number of rotatable bonds is 3. The van der Waals surface area contributed by atoms with Crippen LogP contribution in [0.15, 0.2) is 78.9 Å². The van der Waals surface area contributed by atoms with Gasteiger partial charge in [-0.15, -0.1) is 0 Å². The molecule has 0 spiro atoms. The van der Waals surface area contributed by atoms with Crippen molar-refractivity contribution in [3.05, 3.63) is 107 Å². The van der Waals surface area contributed by atoms with Gasteiger partial charge >= 0.3 is 0 Å². The summed E-state index contributed by atoms with van der Waals surface area (Å²) in [6, 6.07) is 23.1. The van der Waals surface area contributed by atoms with Gasteiger partial charge in [-0.1, -0.05) is 60.2 Å². The number of amides is 1. The number of nitrogens with one attached hydrogen (secondary N) is 2. The second-order valence-corrected chi connectivity index (χ2v) is 8.46. The Morgan fingerprint density at radius 2 is 1.80 bits per heavy atom. The number of hydrogen-bond acceptors (Lipinski definition) is 2. The highest BCUT2D eigenvalue weighted by molar-refractivity contribution is 6.05. The minimum Gasteiger partial charge on any atom is -0.378 e. The fourth-order valence-corrected chi connectivity index (χ4v) is 4.80. The van der Waals surface area contributed by atoms with Crippen molar-refractivity contribution in [2.24, 2.45) is 5.92 Å². The standard InChI is InChI=1S/C27H26N2O/c1-17-10-12-19(13-11-17)26-23-9-5-8-22(23)24-16-20(14-15-25(24)29-26)28-27(30)21-7-4-3-6-18(21)2/h3-8,10-16,22-23,26,29H,9H2,1-2H3,(H,28,30). The molecule has 0 saturated carbocycles. The molecule has 0 fully saturated rings. The van der Waals surface area contributed by atoms with E-state index < -0.39 is 0 Å². The number of carbonyl (C=O) groups is 1. The third-order valence-corrected chi connectivity index (χ3v) is 6.45. The van der Waals surface area contributed by atoms with Crippen molar-refractivity contribution in [2.75, 3.05) is 10.6 Å². The van der Waals surface area contributed by atoms with Crippen molar-refractivity contribution >= 4 is 17.3 Å². The SMILES string of the molecule is Cc1ccc(C2Nc3ccc(NC(=O)c4ccccc4C)cc3C3C=CCC32)cc1. The molecule has 3 nitrogen and oxygen atoms in total. The molecule has 3 aromatic rings. The Labute approximate surface area is 177 Å². The van der Waals surface area contributed by atoms with E-state index in [0.29, 0.717) is 23.4 Å². The number of aryl methyl sites for hydroxylation is 2. The third kappa shape index (κ3) is 3.30. The molecule has 3 unspecified atom stereocenters. The Morgan fingerprint density at radius 1 is 1.00 bits per heavy atom. The maximum absolute atomic E-state index is 12.8. The first-order valence-electron chi connectivity index (χ1n) is 10.6. The molecule has 3 atom stereocenters. The van der Waals surface area contributed by atoms with Crippen molar-refractivity contribution in [3.63, 3.8) is 0 Å². The molecule has 30 heavy (non-hydrogen) atoms. The summed E-state index contributed by atoms with van der Waals surface area (Å²) < 4.78 is 0. The lowest BCUT2D eigenvalue weighted by Crippen LogP contribution is -2.29. The molecule has 1 heterocycles. The molecule has 0 bridgehead atoms. The van der Waals surface area contributed by atoms with Crippen molar-refractivity contribution < 1.29 is 4.79 Å². The van der Waals surface area contributed by atoms with Crippen LogP contribution < -0.4 is 10.6 Å². The number of fused-ring (bicyclic) bond motifs is 3. The van der Waals surface area contributed by atoms with E-state index in [9.17, 15) is 4.79 Å². The van der Waals surface area contributed by atoms with Gasteiger partial charge in [-0.2, -0.15) is 0 Å². The lowest BCUT2D eigenvalue weighted by atomic mass is 9.77. The quantitative estimate of drug-likeness (QED) is 0.506. The highest BCUT2D eigenvalue weighted by Gasteiger charge is 2.37. The van der Waals surface area contributed by atoms with Crippen LogP contribution in [-0.2, 0) is 0 Å². The van der Waals surface area contributed by atoms with Gasteiger partial charge in [-0.05, 0) is 67.1 Å². The molecule has 150 valence electrons. The van der Waals surface area contributed by atoms with Crippen LogP contribution in [0.5, 0.6) is 0 Å². The van der Waals surface area contributed by atoms with Crippen LogP contribution in [0, 0.1) is 19.8 Å². The van der Waals surface area contributed by atoms with E-state index in [0.717, 1.165) is 23.4 Å². The summed E-state index contributed by atoms with van der Waals surface area (Å²) >= 11 is 0. The molecule has 0 aromatic heterocycles. The van der Waals surface area contributed by atoms with Gasteiger partial charge < -0.3 is 10.6 Å². The Hall–Kier alpha value is -3.33. The maximum Gasteiger partial charge on any atom is 0.255 e. The summed E-state index contributed by atoms with van der Waals surface area (Å²) in [6.45, 7) is 4.09. The van der Waals surface area contributed by atoms with E-state index in [2.05, 4.69) is 66.1 Å². The molecule has 0 saturated heterocycles. The van der Waals surface area contributed by atoms with Gasteiger partial charge in [0, 0.05) is 22.9 Å². The first-order chi connectivity index (χ1) is 14.6. The maximum atomic E-state index is 12.8. The lowest BCUT2D eigenvalue weighted by Gasteiger charge is -2.37. The highest BCUT2D eigenvalue weighted by atomic mass is 16.1. The van der Waals surface area contributed by atoms with Crippen LogP contribution in [-0.4, -0.2) is 5.91 Å². The van der Waals surface area contributed by atoms with Crippen molar-refractivity contribution in [1.82, 2.24) is 0 Å². The zero-order chi connectivity index (χ0) is 20.7. The predicted molar refractivity (Wildman–Crippen MR) is 123 cm³/mol. The van der Waals surface area contributed by atoms with E-state index in [1.165, 1.54) is 16.7 Å². The molecule has 3 aromatic carbocycles. The molecule has 0 radical (unpaired) electrons. The van der Waals surface area contributed by atoms with Gasteiger partial charge in [0.25, 0.3) is 5.91 Å². The van der Waals surface area contributed by atoms with Crippen LogP contribution in [0.2, 0.25) is 0 Å². The van der Waals surface area contributed by atoms with Crippen LogP contribution >= 0.6 is 0 Å². The van der Waals surface area contributed by atoms with E-state index in [1.807, 2.05) is 37.3 Å². The number of allylic oxidation sites excluding steroid dienone is 2. The monoisotopic (exact) mass is 394 g/mol. The minimum atomic E-state index is -0.0622. The lowest BCUT2D eigenvalue weighted by molar-refractivity contribution is 0.102. The summed E-state index contributed by atoms with van der Waals surface area (Å²) in [4.78, 5) is 12.8. The molecule has 1 aliphatic heterocycles. The zero-order valence-electron chi connectivity index (χ0n) is 17.4. The smallest absolute Gasteiger partial charge is 0.255 e. The zero-order valence-corrected chi connectivity index (χ0v) is 17.4. The van der Waals surface area contributed by atoms with E-state index in [4.69, 9.17) is 0 Å². The Kier molecular flexibility index (Phi) is 4.66. The first-order valence-corrected chi connectivity index (χ1v) is 10.6. The van der Waals surface area contributed by atoms with E-state index in [-0.39, 0.29) is 5.91 Å². The summed E-state index contributed by atoms with van der Waals surface area (Å²) in [6.07, 6.45) is 5.69. The molecular weight excluding hydrogens is 368 g/mol. The predicted octanol–water partition coefficient (Wildman–Crippen LogP) is 6.38. The number of carbonyl (C=O) groups excluding carboxylic acids is 1. The van der Waals surface area contributed by atoms with Crippen molar-refractivity contribution in [2.45, 2.75) is 32.2 Å². The molecule has 1 amide bonds. The van der Waals surface area contributed by atoms with Crippen LogP contribution in [0.4, 0.5) is 11.4 Å². The van der Waals surface area contributed by atoms with Gasteiger partial charge in [0.05, 0.1) is 6.04 Å². The number of benzene rings is 3. The Balaban J connectivity index is 1.44. The third-order valence-electron chi connectivity index (χ3n) is 6.45. The molecular formula is C27H26N2O. The number of anilines is 2. The van der Waals surface area contributed by atoms with Gasteiger partial charge in [0.1, 0.15) is 0 Å². The van der Waals surface area contributed by atoms with Gasteiger partial charge in [-0.3, -0.25) is 4.79 Å². The number of hydrogen-bond donors (Lipinski definition) is 2. The van der Waals surface area contributed by atoms with E-state index in [1.54, 1.807) is 0 Å². The topological polar surface area (TPSA) is 41.1 Å². The Morgan fingerprint density at radius 3 is 2.60 bits per heavy atom. The molecule has 2 N–H and O–H groups in total. The first kappa shape index (κ1) is 18.7. The van der Waals surface area contributed by atoms with Crippen LogP contribution in [0.25, 0.3) is 0 Å². The van der Waals surface area contributed by atoms with Crippen LogP contribution in [0.1, 0.15) is 51.0 Å². The summed E-state index contributed by atoms with van der Waals surface area (Å²) in [5, 5.41) is 6.86. The van der Waals surface area contributed by atoms with E-state index >= 15 is 0 Å². The highest BCUT2D eigenvalue weighted by Crippen LogP contribution is 2.50. The average molecular weight is 395 g/mol. The second kappa shape index (κ2) is 7.49. The molecule has 3 heteroatoms. The summed E-state index contributed by atoms with van der Waals surface area (Å²) in [5.41, 5.74) is 7.58. The fourth-order valence-electron chi connectivity index (χ4n) is 4.80. The van der Waals surface area contributed by atoms with Gasteiger partial charge in [-0.25, -0.2) is 0 Å². The second-order valence-electron chi connectivity index (χ2n) is 8.46. The van der Waals surface area contributed by atoms with Crippen LogP contribution in [0.3, 0.4) is 0 Å². The molecule has 5 rings (SSSR count). The normalized spacial score (nSPS) is 21.5. The van der Waals surface area contributed by atoms with Crippen molar-refractivity contribution in [1.29, 1.82) is 0 Å². The summed E-state index contributed by atoms with van der Waals surface area (Å²) in [7, 11) is 0. The molecule has 2 aliphatic rings. The van der Waals surface area contributed by atoms with Gasteiger partial charge in [0.2, 0.25) is 0 Å². The molecule has 1 aliphatic carbocycles. The summed E-state index contributed by atoms with van der Waals surface area (Å²) in [5.74, 6) is 0.790. The van der Waals surface area contributed by atoms with Gasteiger partial charge in [0.15, 0.2) is 0 Å². The largest absolute Gasteiger partial charge is 0.378 e.